The smallest absolute Gasteiger partial charge is 0.265 e. The van der Waals surface area contributed by atoms with Gasteiger partial charge in [0.15, 0.2) is 0 Å². The molecule has 1 aliphatic rings. The molecule has 1 aromatic heterocycles. The van der Waals surface area contributed by atoms with E-state index in [1.807, 2.05) is 11.8 Å². The van der Waals surface area contributed by atoms with Gasteiger partial charge in [-0.25, -0.2) is 4.98 Å². The highest BCUT2D eigenvalue weighted by molar-refractivity contribution is 7.13. The predicted octanol–water partition coefficient (Wildman–Crippen LogP) is 0.340. The summed E-state index contributed by atoms with van der Waals surface area (Å²) in [4.78, 5) is 21.7. The van der Waals surface area contributed by atoms with Crippen molar-refractivity contribution in [3.05, 3.63) is 15.6 Å². The van der Waals surface area contributed by atoms with E-state index in [1.165, 1.54) is 11.3 Å². The molecule has 2 rings (SSSR count). The maximum absolute atomic E-state index is 12.4. The molecule has 0 aliphatic carbocycles. The van der Waals surface area contributed by atoms with E-state index >= 15 is 0 Å². The molecule has 0 bridgehead atoms. The number of hydrogen-bond donors (Lipinski definition) is 1. The molecule has 0 spiro atoms. The molecule has 1 amide bonds. The molecule has 0 radical (unpaired) electrons. The van der Waals surface area contributed by atoms with E-state index in [1.54, 1.807) is 0 Å². The summed E-state index contributed by atoms with van der Waals surface area (Å²) in [6, 6.07) is 0. The number of aryl methyl sites for hydroxylation is 1. The van der Waals surface area contributed by atoms with Gasteiger partial charge in [0.05, 0.1) is 10.7 Å². The molecule has 2 heterocycles. The quantitative estimate of drug-likeness (QED) is 0.859. The summed E-state index contributed by atoms with van der Waals surface area (Å²) in [5.41, 5.74) is 6.36. The van der Waals surface area contributed by atoms with Crippen molar-refractivity contribution in [3.63, 3.8) is 0 Å². The maximum Gasteiger partial charge on any atom is 0.265 e. The van der Waals surface area contributed by atoms with Crippen LogP contribution in [-0.4, -0.2) is 60.5 Å². The van der Waals surface area contributed by atoms with Gasteiger partial charge in [-0.05, 0) is 20.5 Å². The van der Waals surface area contributed by atoms with Crippen LogP contribution in [0.15, 0.2) is 0 Å². The summed E-state index contributed by atoms with van der Waals surface area (Å²) in [6.07, 6.45) is 0.752. The zero-order valence-corrected chi connectivity index (χ0v) is 11.8. The van der Waals surface area contributed by atoms with Gasteiger partial charge in [-0.2, -0.15) is 0 Å². The van der Waals surface area contributed by atoms with Gasteiger partial charge < -0.3 is 15.5 Å². The van der Waals surface area contributed by atoms with Gasteiger partial charge in [0, 0.05) is 32.6 Å². The molecule has 1 saturated heterocycles. The predicted molar refractivity (Wildman–Crippen MR) is 73.0 cm³/mol. The zero-order valence-electron chi connectivity index (χ0n) is 11.0. The Balaban J connectivity index is 2.08. The number of piperazine rings is 1. The Morgan fingerprint density at radius 3 is 2.67 bits per heavy atom. The SMILES string of the molecule is Cc1nc(CCN)sc1C(=O)N1CCN(C)CC1. The van der Waals surface area contributed by atoms with Crippen LogP contribution >= 0.6 is 11.3 Å². The molecule has 2 N–H and O–H groups in total. The second-order valence-corrected chi connectivity index (χ2v) is 5.74. The third kappa shape index (κ3) is 2.88. The first-order chi connectivity index (χ1) is 8.61. The Bertz CT molecular complexity index is 424. The lowest BCUT2D eigenvalue weighted by atomic mass is 10.3. The largest absolute Gasteiger partial charge is 0.335 e. The Morgan fingerprint density at radius 1 is 1.39 bits per heavy atom. The van der Waals surface area contributed by atoms with Crippen LogP contribution in [0.1, 0.15) is 20.4 Å². The summed E-state index contributed by atoms with van der Waals surface area (Å²) >= 11 is 1.49. The van der Waals surface area contributed by atoms with Crippen LogP contribution in [0.2, 0.25) is 0 Å². The molecule has 0 unspecified atom stereocenters. The fourth-order valence-corrected chi connectivity index (χ4v) is 3.08. The number of hydrogen-bond acceptors (Lipinski definition) is 5. The van der Waals surface area contributed by atoms with Gasteiger partial charge in [-0.1, -0.05) is 0 Å². The first-order valence-electron chi connectivity index (χ1n) is 6.26. The number of thiazole rings is 1. The second kappa shape index (κ2) is 5.77. The molecule has 0 atom stereocenters. The number of likely N-dealkylation sites (N-methyl/N-ethyl adjacent to an activating group) is 1. The summed E-state index contributed by atoms with van der Waals surface area (Å²) in [7, 11) is 2.08. The van der Waals surface area contributed by atoms with Gasteiger partial charge in [-0.15, -0.1) is 11.3 Å². The van der Waals surface area contributed by atoms with E-state index in [4.69, 9.17) is 5.73 Å². The van der Waals surface area contributed by atoms with Crippen LogP contribution in [0, 0.1) is 6.92 Å². The van der Waals surface area contributed by atoms with Gasteiger partial charge in [0.2, 0.25) is 0 Å². The highest BCUT2D eigenvalue weighted by Gasteiger charge is 2.23. The maximum atomic E-state index is 12.4. The number of carbonyl (C=O) groups is 1. The van der Waals surface area contributed by atoms with Crippen molar-refractivity contribution in [3.8, 4) is 0 Å². The fraction of sp³-hybridized carbons (Fsp3) is 0.667. The van der Waals surface area contributed by atoms with E-state index in [0.717, 1.165) is 48.2 Å². The molecule has 1 fully saturated rings. The Hall–Kier alpha value is -0.980. The summed E-state index contributed by atoms with van der Waals surface area (Å²) in [5, 5.41) is 0.965. The Labute approximate surface area is 112 Å². The summed E-state index contributed by atoms with van der Waals surface area (Å²) in [5.74, 6) is 0.126. The van der Waals surface area contributed by atoms with E-state index in [9.17, 15) is 4.79 Å². The van der Waals surface area contributed by atoms with Gasteiger partial charge in [-0.3, -0.25) is 4.79 Å². The zero-order chi connectivity index (χ0) is 13.1. The molecule has 6 heteroatoms. The molecule has 1 aromatic rings. The molecule has 0 saturated carbocycles. The number of nitrogens with two attached hydrogens (primary N) is 1. The topological polar surface area (TPSA) is 62.5 Å². The van der Waals surface area contributed by atoms with Crippen molar-refractivity contribution in [1.82, 2.24) is 14.8 Å². The van der Waals surface area contributed by atoms with E-state index < -0.39 is 0 Å². The highest BCUT2D eigenvalue weighted by Crippen LogP contribution is 2.20. The van der Waals surface area contributed by atoms with E-state index in [2.05, 4.69) is 16.9 Å². The number of amides is 1. The number of nitrogens with zero attached hydrogens (tertiary/aromatic N) is 3. The number of aromatic nitrogens is 1. The van der Waals surface area contributed by atoms with Crippen LogP contribution in [-0.2, 0) is 6.42 Å². The van der Waals surface area contributed by atoms with E-state index in [-0.39, 0.29) is 5.91 Å². The van der Waals surface area contributed by atoms with Gasteiger partial charge in [0.1, 0.15) is 4.88 Å². The molecule has 18 heavy (non-hydrogen) atoms. The average molecular weight is 268 g/mol. The number of carbonyl (C=O) groups excluding carboxylic acids is 1. The summed E-state index contributed by atoms with van der Waals surface area (Å²) in [6.45, 7) is 5.98. The third-order valence-corrected chi connectivity index (χ3v) is 4.39. The van der Waals surface area contributed by atoms with Crippen LogP contribution in [0.25, 0.3) is 0 Å². The van der Waals surface area contributed by atoms with Crippen molar-refractivity contribution in [2.75, 3.05) is 39.8 Å². The van der Waals surface area contributed by atoms with Crippen LogP contribution in [0.4, 0.5) is 0 Å². The molecular formula is C12H20N4OS. The first-order valence-corrected chi connectivity index (χ1v) is 7.07. The standard InChI is InChI=1S/C12H20N4OS/c1-9-11(18-10(14-9)3-4-13)12(17)16-7-5-15(2)6-8-16/h3-8,13H2,1-2H3. The first kappa shape index (κ1) is 13.5. The highest BCUT2D eigenvalue weighted by atomic mass is 32.1. The summed E-state index contributed by atoms with van der Waals surface area (Å²) < 4.78 is 0. The molecule has 0 aromatic carbocycles. The normalized spacial score (nSPS) is 17.2. The van der Waals surface area contributed by atoms with Crippen molar-refractivity contribution < 1.29 is 4.79 Å². The van der Waals surface area contributed by atoms with Crippen LogP contribution in [0.5, 0.6) is 0 Å². The molecule has 5 nitrogen and oxygen atoms in total. The van der Waals surface area contributed by atoms with Crippen molar-refractivity contribution in [1.29, 1.82) is 0 Å². The molecule has 1 aliphatic heterocycles. The van der Waals surface area contributed by atoms with Crippen LogP contribution < -0.4 is 5.73 Å². The van der Waals surface area contributed by atoms with Gasteiger partial charge >= 0.3 is 0 Å². The average Bonchev–Trinajstić information content (AvgIpc) is 2.71. The van der Waals surface area contributed by atoms with Crippen molar-refractivity contribution in [2.45, 2.75) is 13.3 Å². The minimum Gasteiger partial charge on any atom is -0.335 e. The second-order valence-electron chi connectivity index (χ2n) is 4.66. The Morgan fingerprint density at radius 2 is 2.06 bits per heavy atom. The lowest BCUT2D eigenvalue weighted by Gasteiger charge is -2.32. The van der Waals surface area contributed by atoms with Crippen molar-refractivity contribution >= 4 is 17.2 Å². The van der Waals surface area contributed by atoms with E-state index in [0.29, 0.717) is 6.54 Å². The van der Waals surface area contributed by atoms with Crippen LogP contribution in [0.3, 0.4) is 0 Å². The van der Waals surface area contributed by atoms with Crippen molar-refractivity contribution in [2.24, 2.45) is 5.73 Å². The molecular weight excluding hydrogens is 248 g/mol. The minimum absolute atomic E-state index is 0.126. The Kier molecular flexibility index (Phi) is 4.31. The van der Waals surface area contributed by atoms with Gasteiger partial charge in [0.25, 0.3) is 5.91 Å². The minimum atomic E-state index is 0.126. The monoisotopic (exact) mass is 268 g/mol. The number of rotatable bonds is 3. The third-order valence-electron chi connectivity index (χ3n) is 3.18. The lowest BCUT2D eigenvalue weighted by molar-refractivity contribution is 0.0668. The fourth-order valence-electron chi connectivity index (χ4n) is 2.03. The molecule has 100 valence electrons. The lowest BCUT2D eigenvalue weighted by Crippen LogP contribution is -2.47.